The second-order valence-corrected chi connectivity index (χ2v) is 6.90. The van der Waals surface area contributed by atoms with E-state index in [1.54, 1.807) is 18.2 Å². The molecule has 0 unspecified atom stereocenters. The average molecular weight is 326 g/mol. The van der Waals surface area contributed by atoms with Crippen molar-refractivity contribution in [3.8, 4) is 0 Å². The van der Waals surface area contributed by atoms with Crippen molar-refractivity contribution >= 4 is 21.9 Å². The van der Waals surface area contributed by atoms with Crippen molar-refractivity contribution in [3.05, 3.63) is 30.3 Å². The van der Waals surface area contributed by atoms with E-state index in [1.165, 1.54) is 12.1 Å². The Morgan fingerprint density at radius 1 is 1.23 bits per heavy atom. The number of sulfonamides is 1. The first-order chi connectivity index (χ1) is 10.4. The van der Waals surface area contributed by atoms with Gasteiger partial charge in [0.1, 0.15) is 6.04 Å². The lowest BCUT2D eigenvalue weighted by Crippen LogP contribution is -2.48. The molecule has 1 heterocycles. The van der Waals surface area contributed by atoms with Crippen molar-refractivity contribution in [1.82, 2.24) is 4.31 Å². The first kappa shape index (κ1) is 16.4. The Balaban J connectivity index is 2.23. The van der Waals surface area contributed by atoms with Crippen LogP contribution in [0.15, 0.2) is 35.2 Å². The number of piperidine rings is 1. The number of nitrogens with zero attached hydrogens (tertiary/aromatic N) is 1. The maximum Gasteiger partial charge on any atom is 0.324 e. The summed E-state index contributed by atoms with van der Waals surface area (Å²) < 4.78 is 31.3. The molecule has 0 spiro atoms. The van der Waals surface area contributed by atoms with Gasteiger partial charge in [-0.3, -0.25) is 9.59 Å². The van der Waals surface area contributed by atoms with Crippen molar-refractivity contribution in [3.63, 3.8) is 0 Å². The summed E-state index contributed by atoms with van der Waals surface area (Å²) in [5.41, 5.74) is 4.93. The highest BCUT2D eigenvalue weighted by Gasteiger charge is 2.38. The number of esters is 1. The van der Waals surface area contributed by atoms with Gasteiger partial charge in [0.2, 0.25) is 10.0 Å². The zero-order valence-electron chi connectivity index (χ0n) is 12.0. The third-order valence-electron chi connectivity index (χ3n) is 3.43. The molecule has 0 saturated carbocycles. The molecular formula is C14H18N2O5S. The van der Waals surface area contributed by atoms with Gasteiger partial charge in [0.25, 0.3) is 5.91 Å². The lowest BCUT2D eigenvalue weighted by molar-refractivity contribution is -0.152. The van der Waals surface area contributed by atoms with Crippen LogP contribution in [0.3, 0.4) is 0 Å². The first-order valence-electron chi connectivity index (χ1n) is 6.95. The molecule has 0 aromatic heterocycles. The van der Waals surface area contributed by atoms with Crippen LogP contribution in [0.25, 0.3) is 0 Å². The lowest BCUT2D eigenvalue weighted by atomic mass is 10.1. The van der Waals surface area contributed by atoms with Gasteiger partial charge in [-0.05, 0) is 31.4 Å². The Hall–Kier alpha value is -1.93. The van der Waals surface area contributed by atoms with Crippen molar-refractivity contribution in [2.24, 2.45) is 5.73 Å². The smallest absolute Gasteiger partial charge is 0.324 e. The Kier molecular flexibility index (Phi) is 5.15. The van der Waals surface area contributed by atoms with Gasteiger partial charge in [-0.15, -0.1) is 0 Å². The molecule has 0 aliphatic carbocycles. The van der Waals surface area contributed by atoms with Gasteiger partial charge in [0, 0.05) is 6.54 Å². The number of primary amides is 1. The lowest BCUT2D eigenvalue weighted by Gasteiger charge is -2.32. The molecular weight excluding hydrogens is 308 g/mol. The summed E-state index contributed by atoms with van der Waals surface area (Å²) in [5.74, 6) is -1.51. The minimum atomic E-state index is -3.78. The van der Waals surface area contributed by atoms with Gasteiger partial charge in [-0.1, -0.05) is 18.2 Å². The molecule has 1 aromatic rings. The van der Waals surface area contributed by atoms with Crippen LogP contribution in [0, 0.1) is 0 Å². The maximum absolute atomic E-state index is 12.7. The van der Waals surface area contributed by atoms with Gasteiger partial charge in [0.15, 0.2) is 6.61 Å². The largest absolute Gasteiger partial charge is 0.454 e. The molecule has 1 aliphatic rings. The van der Waals surface area contributed by atoms with E-state index in [0.717, 1.165) is 10.7 Å². The number of nitrogens with two attached hydrogens (primary N) is 1. The number of hydrogen-bond acceptors (Lipinski definition) is 5. The number of hydrogen-bond donors (Lipinski definition) is 1. The first-order valence-corrected chi connectivity index (χ1v) is 8.39. The molecule has 1 aliphatic heterocycles. The summed E-state index contributed by atoms with van der Waals surface area (Å²) in [7, 11) is -3.78. The van der Waals surface area contributed by atoms with Gasteiger partial charge < -0.3 is 10.5 Å². The van der Waals surface area contributed by atoms with Gasteiger partial charge in [-0.25, -0.2) is 8.42 Å². The summed E-state index contributed by atoms with van der Waals surface area (Å²) in [4.78, 5) is 22.9. The molecule has 8 heteroatoms. The zero-order valence-corrected chi connectivity index (χ0v) is 12.8. The molecule has 0 bridgehead atoms. The minimum absolute atomic E-state index is 0.129. The average Bonchev–Trinajstić information content (AvgIpc) is 2.53. The third-order valence-corrected chi connectivity index (χ3v) is 5.35. The fourth-order valence-corrected chi connectivity index (χ4v) is 4.06. The van der Waals surface area contributed by atoms with Crippen molar-refractivity contribution < 1.29 is 22.7 Å². The second kappa shape index (κ2) is 6.89. The number of carbonyl (C=O) groups excluding carboxylic acids is 2. The minimum Gasteiger partial charge on any atom is -0.454 e. The Labute approximate surface area is 129 Å². The van der Waals surface area contributed by atoms with E-state index in [4.69, 9.17) is 10.5 Å². The molecule has 0 radical (unpaired) electrons. The maximum atomic E-state index is 12.7. The molecule has 1 aromatic carbocycles. The highest BCUT2D eigenvalue weighted by atomic mass is 32.2. The van der Waals surface area contributed by atoms with E-state index in [0.29, 0.717) is 12.8 Å². The van der Waals surface area contributed by atoms with Crippen molar-refractivity contribution in [1.29, 1.82) is 0 Å². The van der Waals surface area contributed by atoms with E-state index < -0.39 is 34.5 Å². The summed E-state index contributed by atoms with van der Waals surface area (Å²) in [6.07, 6.45) is 1.76. The summed E-state index contributed by atoms with van der Waals surface area (Å²) in [6.45, 7) is -0.303. The number of benzene rings is 1. The van der Waals surface area contributed by atoms with Crippen molar-refractivity contribution in [2.45, 2.75) is 30.2 Å². The molecule has 22 heavy (non-hydrogen) atoms. The number of ether oxygens (including phenoxy) is 1. The van der Waals surface area contributed by atoms with Crippen LogP contribution in [-0.4, -0.2) is 43.8 Å². The van der Waals surface area contributed by atoms with E-state index in [2.05, 4.69) is 0 Å². The monoisotopic (exact) mass is 326 g/mol. The highest BCUT2D eigenvalue weighted by Crippen LogP contribution is 2.26. The summed E-state index contributed by atoms with van der Waals surface area (Å²) in [6, 6.07) is 7.01. The van der Waals surface area contributed by atoms with Crippen LogP contribution in [0.1, 0.15) is 19.3 Å². The van der Waals surface area contributed by atoms with Crippen LogP contribution in [0.4, 0.5) is 0 Å². The van der Waals surface area contributed by atoms with Crippen LogP contribution in [0.2, 0.25) is 0 Å². The van der Waals surface area contributed by atoms with Crippen LogP contribution in [-0.2, 0) is 24.3 Å². The normalized spacial score (nSPS) is 19.5. The quantitative estimate of drug-likeness (QED) is 0.781. The molecule has 7 nitrogen and oxygen atoms in total. The molecule has 2 rings (SSSR count). The SMILES string of the molecule is NC(=O)COC(=O)[C@H]1CCCCN1S(=O)(=O)c1ccccc1. The number of amides is 1. The molecule has 1 fully saturated rings. The zero-order chi connectivity index (χ0) is 16.2. The van der Waals surface area contributed by atoms with Crippen molar-refractivity contribution in [2.75, 3.05) is 13.2 Å². The predicted octanol–water partition coefficient (Wildman–Crippen LogP) is 0.258. The van der Waals surface area contributed by atoms with E-state index >= 15 is 0 Å². The number of carbonyl (C=O) groups is 2. The van der Waals surface area contributed by atoms with Gasteiger partial charge in [-0.2, -0.15) is 4.31 Å². The summed E-state index contributed by atoms with van der Waals surface area (Å²) >= 11 is 0. The summed E-state index contributed by atoms with van der Waals surface area (Å²) in [5, 5.41) is 0. The molecule has 1 amide bonds. The van der Waals surface area contributed by atoms with E-state index in [-0.39, 0.29) is 11.4 Å². The molecule has 2 N–H and O–H groups in total. The van der Waals surface area contributed by atoms with Crippen LogP contribution >= 0.6 is 0 Å². The Morgan fingerprint density at radius 2 is 1.91 bits per heavy atom. The van der Waals surface area contributed by atoms with Gasteiger partial charge >= 0.3 is 5.97 Å². The molecule has 1 atom stereocenters. The van der Waals surface area contributed by atoms with E-state index in [1.807, 2.05) is 0 Å². The topological polar surface area (TPSA) is 107 Å². The fourth-order valence-electron chi connectivity index (χ4n) is 2.39. The molecule has 1 saturated heterocycles. The predicted molar refractivity (Wildman–Crippen MR) is 78.1 cm³/mol. The Morgan fingerprint density at radius 3 is 2.55 bits per heavy atom. The van der Waals surface area contributed by atoms with Gasteiger partial charge in [0.05, 0.1) is 4.90 Å². The van der Waals surface area contributed by atoms with Crippen LogP contribution in [0.5, 0.6) is 0 Å². The molecule has 120 valence electrons. The highest BCUT2D eigenvalue weighted by molar-refractivity contribution is 7.89. The number of rotatable bonds is 5. The van der Waals surface area contributed by atoms with E-state index in [9.17, 15) is 18.0 Å². The van der Waals surface area contributed by atoms with Crippen LogP contribution < -0.4 is 5.73 Å². The fraction of sp³-hybridized carbons (Fsp3) is 0.429. The Bertz CT molecular complexity index is 644. The third kappa shape index (κ3) is 3.63. The standard InChI is InChI=1S/C14H18N2O5S/c15-13(17)10-21-14(18)12-8-4-5-9-16(12)22(19,20)11-6-2-1-3-7-11/h1-3,6-7,12H,4-5,8-10H2,(H2,15,17)/t12-/m1/s1. The second-order valence-electron chi connectivity index (χ2n) is 5.01.